The van der Waals surface area contributed by atoms with Crippen LogP contribution in [-0.2, 0) is 9.53 Å². The molecule has 1 amide bonds. The Kier molecular flexibility index (Phi) is 4.35. The van der Waals surface area contributed by atoms with Crippen LogP contribution in [-0.4, -0.2) is 29.1 Å². The number of aryl methyl sites for hydroxylation is 1. The molecule has 2 rings (SSSR count). The molecule has 0 radical (unpaired) electrons. The van der Waals surface area contributed by atoms with Crippen molar-refractivity contribution in [3.8, 4) is 5.69 Å². The number of carbonyl (C=O) groups excluding carboxylic acids is 2. The third kappa shape index (κ3) is 3.19. The second-order valence-corrected chi connectivity index (χ2v) is 5.66. The second kappa shape index (κ2) is 6.05. The number of nitrogens with zero attached hydrogens (tertiary/aromatic N) is 1. The lowest BCUT2D eigenvalue weighted by molar-refractivity contribution is -0.146. The molecule has 0 aliphatic heterocycles. The van der Waals surface area contributed by atoms with Crippen molar-refractivity contribution in [3.63, 3.8) is 0 Å². The number of rotatable bonds is 4. The maximum absolute atomic E-state index is 12.4. The van der Waals surface area contributed by atoms with Gasteiger partial charge in [0.1, 0.15) is 5.54 Å². The number of nitrogens with one attached hydrogen (secondary N) is 1. The quantitative estimate of drug-likeness (QED) is 0.882. The minimum Gasteiger partial charge on any atom is -0.467 e. The summed E-state index contributed by atoms with van der Waals surface area (Å²) in [5.74, 6) is -0.803. The van der Waals surface area contributed by atoms with Crippen LogP contribution in [0.4, 0.5) is 0 Å². The highest BCUT2D eigenvalue weighted by Gasteiger charge is 2.30. The Morgan fingerprint density at radius 3 is 2.41 bits per heavy atom. The second-order valence-electron chi connectivity index (χ2n) is 5.66. The molecule has 5 nitrogen and oxygen atoms in total. The summed E-state index contributed by atoms with van der Waals surface area (Å²) in [4.78, 5) is 24.1. The summed E-state index contributed by atoms with van der Waals surface area (Å²) in [6, 6.07) is 9.28. The zero-order valence-corrected chi connectivity index (χ0v) is 13.2. The van der Waals surface area contributed by atoms with E-state index in [0.717, 1.165) is 11.3 Å². The normalized spacial score (nSPS) is 11.1. The van der Waals surface area contributed by atoms with Crippen LogP contribution in [0.5, 0.6) is 0 Å². The molecule has 0 saturated heterocycles. The van der Waals surface area contributed by atoms with Gasteiger partial charge in [0.25, 0.3) is 5.91 Å². The summed E-state index contributed by atoms with van der Waals surface area (Å²) in [5, 5.41) is 2.69. The highest BCUT2D eigenvalue weighted by molar-refractivity contribution is 5.98. The van der Waals surface area contributed by atoms with Gasteiger partial charge in [-0.3, -0.25) is 4.79 Å². The van der Waals surface area contributed by atoms with Gasteiger partial charge >= 0.3 is 5.97 Å². The van der Waals surface area contributed by atoms with Crippen molar-refractivity contribution in [2.24, 2.45) is 0 Å². The number of amides is 1. The SMILES string of the molecule is COC(=O)C(C)(C)NC(=O)c1ccc(C)c(-n2cccc2)c1. The molecule has 0 saturated carbocycles. The minimum absolute atomic E-state index is 0.316. The molecular weight excluding hydrogens is 280 g/mol. The Morgan fingerprint density at radius 2 is 1.82 bits per heavy atom. The molecule has 0 atom stereocenters. The van der Waals surface area contributed by atoms with Crippen molar-refractivity contribution < 1.29 is 14.3 Å². The van der Waals surface area contributed by atoms with Gasteiger partial charge in [0.2, 0.25) is 0 Å². The van der Waals surface area contributed by atoms with Crippen molar-refractivity contribution in [2.75, 3.05) is 7.11 Å². The van der Waals surface area contributed by atoms with Gasteiger partial charge < -0.3 is 14.6 Å². The summed E-state index contributed by atoms with van der Waals surface area (Å²) < 4.78 is 6.64. The number of benzene rings is 1. The van der Waals surface area contributed by atoms with Gasteiger partial charge in [0, 0.05) is 23.6 Å². The van der Waals surface area contributed by atoms with Gasteiger partial charge in [-0.1, -0.05) is 6.07 Å². The average molecular weight is 300 g/mol. The van der Waals surface area contributed by atoms with E-state index < -0.39 is 11.5 Å². The van der Waals surface area contributed by atoms with Gasteiger partial charge in [-0.2, -0.15) is 0 Å². The first-order valence-corrected chi connectivity index (χ1v) is 7.00. The summed E-state index contributed by atoms with van der Waals surface area (Å²) in [6.07, 6.45) is 3.84. The summed E-state index contributed by atoms with van der Waals surface area (Å²) in [6.45, 7) is 5.20. The predicted octanol–water partition coefficient (Wildman–Crippen LogP) is 2.47. The molecule has 0 aliphatic carbocycles. The molecule has 0 fully saturated rings. The molecule has 1 aromatic carbocycles. The zero-order chi connectivity index (χ0) is 16.3. The molecule has 0 spiro atoms. The van der Waals surface area contributed by atoms with Gasteiger partial charge in [-0.15, -0.1) is 0 Å². The molecule has 2 aromatic rings. The standard InChI is InChI=1S/C17H20N2O3/c1-12-7-8-13(11-14(12)19-9-5-6-10-19)15(20)18-17(2,3)16(21)22-4/h5-11H,1-4H3,(H,18,20). The van der Waals surface area contributed by atoms with Crippen LogP contribution in [0.25, 0.3) is 5.69 Å². The number of methoxy groups -OCH3 is 1. The van der Waals surface area contributed by atoms with Crippen molar-refractivity contribution in [2.45, 2.75) is 26.3 Å². The van der Waals surface area contributed by atoms with Crippen LogP contribution in [0.2, 0.25) is 0 Å². The number of aromatic nitrogens is 1. The van der Waals surface area contributed by atoms with E-state index in [2.05, 4.69) is 5.32 Å². The van der Waals surface area contributed by atoms with Crippen molar-refractivity contribution in [1.82, 2.24) is 9.88 Å². The summed E-state index contributed by atoms with van der Waals surface area (Å²) in [7, 11) is 1.30. The smallest absolute Gasteiger partial charge is 0.330 e. The van der Waals surface area contributed by atoms with E-state index >= 15 is 0 Å². The first-order chi connectivity index (χ1) is 10.3. The maximum Gasteiger partial charge on any atom is 0.330 e. The fourth-order valence-electron chi connectivity index (χ4n) is 2.19. The molecular formula is C17H20N2O3. The van der Waals surface area contributed by atoms with Crippen LogP contribution >= 0.6 is 0 Å². The lowest BCUT2D eigenvalue weighted by atomic mass is 10.0. The molecule has 0 unspecified atom stereocenters. The Labute approximate surface area is 129 Å². The predicted molar refractivity (Wildman–Crippen MR) is 84.1 cm³/mol. The largest absolute Gasteiger partial charge is 0.467 e. The molecule has 5 heteroatoms. The van der Waals surface area contributed by atoms with Crippen LogP contribution in [0.3, 0.4) is 0 Å². The monoisotopic (exact) mass is 300 g/mol. The summed E-state index contributed by atoms with van der Waals surface area (Å²) >= 11 is 0. The Morgan fingerprint density at radius 1 is 1.18 bits per heavy atom. The van der Waals surface area contributed by atoms with Crippen LogP contribution in [0.1, 0.15) is 29.8 Å². The number of carbonyl (C=O) groups is 2. The van der Waals surface area contributed by atoms with Crippen molar-refractivity contribution >= 4 is 11.9 Å². The minimum atomic E-state index is -1.08. The Hall–Kier alpha value is -2.56. The molecule has 0 aliphatic rings. The Balaban J connectivity index is 2.28. The van der Waals surface area contributed by atoms with Crippen molar-refractivity contribution in [1.29, 1.82) is 0 Å². The first kappa shape index (κ1) is 15.8. The lowest BCUT2D eigenvalue weighted by Gasteiger charge is -2.23. The topological polar surface area (TPSA) is 60.3 Å². The van der Waals surface area contributed by atoms with Crippen molar-refractivity contribution in [3.05, 3.63) is 53.9 Å². The van der Waals surface area contributed by atoms with Crippen LogP contribution < -0.4 is 5.32 Å². The van der Waals surface area contributed by atoms with E-state index in [1.165, 1.54) is 7.11 Å². The van der Waals surface area contributed by atoms with Gasteiger partial charge in [-0.25, -0.2) is 4.79 Å². The third-order valence-electron chi connectivity index (χ3n) is 3.48. The van der Waals surface area contributed by atoms with Gasteiger partial charge in [0.15, 0.2) is 0 Å². The highest BCUT2D eigenvalue weighted by atomic mass is 16.5. The van der Waals surface area contributed by atoms with Crippen LogP contribution in [0, 0.1) is 6.92 Å². The fraction of sp³-hybridized carbons (Fsp3) is 0.294. The number of ether oxygens (including phenoxy) is 1. The lowest BCUT2D eigenvalue weighted by Crippen LogP contribution is -2.50. The highest BCUT2D eigenvalue weighted by Crippen LogP contribution is 2.17. The van der Waals surface area contributed by atoms with E-state index in [1.807, 2.05) is 42.1 Å². The molecule has 1 heterocycles. The first-order valence-electron chi connectivity index (χ1n) is 7.00. The maximum atomic E-state index is 12.4. The van der Waals surface area contributed by atoms with E-state index in [1.54, 1.807) is 26.0 Å². The van der Waals surface area contributed by atoms with E-state index in [4.69, 9.17) is 4.74 Å². The number of hydrogen-bond acceptors (Lipinski definition) is 3. The molecule has 1 N–H and O–H groups in total. The Bertz CT molecular complexity index is 688. The molecule has 116 valence electrons. The van der Waals surface area contributed by atoms with Gasteiger partial charge in [-0.05, 0) is 50.6 Å². The fourth-order valence-corrected chi connectivity index (χ4v) is 2.19. The van der Waals surface area contributed by atoms with E-state index in [-0.39, 0.29) is 5.91 Å². The average Bonchev–Trinajstić information content (AvgIpc) is 3.00. The summed E-state index contributed by atoms with van der Waals surface area (Å²) in [5.41, 5.74) is 1.39. The molecule has 1 aromatic heterocycles. The van der Waals surface area contributed by atoms with E-state index in [9.17, 15) is 9.59 Å². The van der Waals surface area contributed by atoms with E-state index in [0.29, 0.717) is 5.56 Å². The third-order valence-corrected chi connectivity index (χ3v) is 3.48. The molecule has 22 heavy (non-hydrogen) atoms. The zero-order valence-electron chi connectivity index (χ0n) is 13.2. The number of esters is 1. The molecule has 0 bridgehead atoms. The van der Waals surface area contributed by atoms with Crippen LogP contribution in [0.15, 0.2) is 42.7 Å². The number of hydrogen-bond donors (Lipinski definition) is 1. The van der Waals surface area contributed by atoms with Gasteiger partial charge in [0.05, 0.1) is 7.11 Å².